The van der Waals surface area contributed by atoms with Crippen molar-refractivity contribution in [2.75, 3.05) is 0 Å². The molecule has 0 unspecified atom stereocenters. The van der Waals surface area contributed by atoms with E-state index in [9.17, 15) is 9.90 Å². The fourth-order valence-electron chi connectivity index (χ4n) is 2.55. The lowest BCUT2D eigenvalue weighted by Crippen LogP contribution is -2.09. The standard InChI is InChI=1S/C16H11N3O3/c1-8-9-6-7-12(20)13(14(9)22-19-8)15-17-11-5-3-2-4-10(11)16(21)18-15/h2-7,20H,1H3,(H,17,18,21). The summed E-state index contributed by atoms with van der Waals surface area (Å²) in [4.78, 5) is 19.3. The van der Waals surface area contributed by atoms with Gasteiger partial charge >= 0.3 is 0 Å². The van der Waals surface area contributed by atoms with E-state index in [0.29, 0.717) is 27.7 Å². The van der Waals surface area contributed by atoms with Gasteiger partial charge in [-0.25, -0.2) is 4.98 Å². The number of nitrogens with zero attached hydrogens (tertiary/aromatic N) is 2. The maximum atomic E-state index is 12.2. The van der Waals surface area contributed by atoms with Crippen LogP contribution >= 0.6 is 0 Å². The van der Waals surface area contributed by atoms with E-state index in [1.165, 1.54) is 6.07 Å². The van der Waals surface area contributed by atoms with E-state index < -0.39 is 0 Å². The van der Waals surface area contributed by atoms with Crippen LogP contribution in [0.3, 0.4) is 0 Å². The zero-order valence-corrected chi connectivity index (χ0v) is 11.6. The predicted octanol–water partition coefficient (Wildman–Crippen LogP) is 2.75. The SMILES string of the molecule is Cc1noc2c(-c3nc4ccccc4c(=O)[nH]3)c(O)ccc12. The van der Waals surface area contributed by atoms with Gasteiger partial charge in [-0.3, -0.25) is 4.79 Å². The molecule has 0 atom stereocenters. The summed E-state index contributed by atoms with van der Waals surface area (Å²) in [6, 6.07) is 10.3. The number of nitrogens with one attached hydrogen (secondary N) is 1. The van der Waals surface area contributed by atoms with Gasteiger partial charge in [-0.2, -0.15) is 0 Å². The van der Waals surface area contributed by atoms with Gasteiger partial charge in [0.1, 0.15) is 17.1 Å². The minimum atomic E-state index is -0.270. The highest BCUT2D eigenvalue weighted by Crippen LogP contribution is 2.35. The van der Waals surface area contributed by atoms with Crippen molar-refractivity contribution in [3.05, 3.63) is 52.4 Å². The molecule has 108 valence electrons. The van der Waals surface area contributed by atoms with Gasteiger partial charge in [0.15, 0.2) is 5.58 Å². The molecule has 4 rings (SSSR count). The van der Waals surface area contributed by atoms with E-state index in [1.807, 2.05) is 6.92 Å². The average Bonchev–Trinajstić information content (AvgIpc) is 2.88. The van der Waals surface area contributed by atoms with Crippen LogP contribution in [0.15, 0.2) is 45.7 Å². The van der Waals surface area contributed by atoms with Crippen molar-refractivity contribution in [1.82, 2.24) is 15.1 Å². The first-order valence-electron chi connectivity index (χ1n) is 6.72. The lowest BCUT2D eigenvalue weighted by atomic mass is 10.1. The van der Waals surface area contributed by atoms with Crippen molar-refractivity contribution in [2.24, 2.45) is 0 Å². The van der Waals surface area contributed by atoms with Gasteiger partial charge in [0.25, 0.3) is 5.56 Å². The number of rotatable bonds is 1. The summed E-state index contributed by atoms with van der Waals surface area (Å²) >= 11 is 0. The van der Waals surface area contributed by atoms with Crippen molar-refractivity contribution in [1.29, 1.82) is 0 Å². The Hall–Kier alpha value is -3.15. The van der Waals surface area contributed by atoms with Crippen molar-refractivity contribution in [2.45, 2.75) is 6.92 Å². The van der Waals surface area contributed by atoms with E-state index in [0.717, 1.165) is 5.39 Å². The maximum Gasteiger partial charge on any atom is 0.259 e. The van der Waals surface area contributed by atoms with Crippen molar-refractivity contribution < 1.29 is 9.63 Å². The Morgan fingerprint density at radius 1 is 1.14 bits per heavy atom. The molecule has 22 heavy (non-hydrogen) atoms. The number of phenolic OH excluding ortho intramolecular Hbond substituents is 1. The van der Waals surface area contributed by atoms with Crippen LogP contribution in [0, 0.1) is 6.92 Å². The second-order valence-corrected chi connectivity index (χ2v) is 5.04. The second kappa shape index (κ2) is 4.42. The fraction of sp³-hybridized carbons (Fsp3) is 0.0625. The van der Waals surface area contributed by atoms with Gasteiger partial charge < -0.3 is 14.6 Å². The lowest BCUT2D eigenvalue weighted by Gasteiger charge is -2.05. The van der Waals surface area contributed by atoms with Crippen molar-refractivity contribution in [3.8, 4) is 17.1 Å². The van der Waals surface area contributed by atoms with E-state index >= 15 is 0 Å². The van der Waals surface area contributed by atoms with Gasteiger partial charge in [-0.15, -0.1) is 0 Å². The Morgan fingerprint density at radius 2 is 1.95 bits per heavy atom. The highest BCUT2D eigenvalue weighted by atomic mass is 16.5. The number of phenols is 1. The first-order chi connectivity index (χ1) is 10.6. The van der Waals surface area contributed by atoms with Gasteiger partial charge in [0.2, 0.25) is 0 Å². The largest absolute Gasteiger partial charge is 0.507 e. The molecule has 0 amide bonds. The third-order valence-corrected chi connectivity index (χ3v) is 3.65. The zero-order valence-electron chi connectivity index (χ0n) is 11.6. The lowest BCUT2D eigenvalue weighted by molar-refractivity contribution is 0.445. The van der Waals surface area contributed by atoms with Gasteiger partial charge in [0.05, 0.1) is 16.6 Å². The van der Waals surface area contributed by atoms with Crippen LogP contribution in [-0.4, -0.2) is 20.2 Å². The average molecular weight is 293 g/mol. The molecule has 2 aromatic heterocycles. The summed E-state index contributed by atoms with van der Waals surface area (Å²) in [5, 5.41) is 15.3. The molecular formula is C16H11N3O3. The summed E-state index contributed by atoms with van der Waals surface area (Å²) in [7, 11) is 0. The van der Waals surface area contributed by atoms with E-state index in [2.05, 4.69) is 15.1 Å². The summed E-state index contributed by atoms with van der Waals surface area (Å²) in [5.74, 6) is 0.227. The number of hydrogen-bond donors (Lipinski definition) is 2. The third-order valence-electron chi connectivity index (χ3n) is 3.65. The van der Waals surface area contributed by atoms with Crippen LogP contribution in [0.2, 0.25) is 0 Å². The minimum absolute atomic E-state index is 0.0259. The highest BCUT2D eigenvalue weighted by molar-refractivity contribution is 5.95. The number of hydrogen-bond acceptors (Lipinski definition) is 5. The van der Waals surface area contributed by atoms with E-state index in [4.69, 9.17) is 4.52 Å². The smallest absolute Gasteiger partial charge is 0.259 e. The minimum Gasteiger partial charge on any atom is -0.507 e. The molecule has 6 nitrogen and oxygen atoms in total. The third kappa shape index (κ3) is 1.70. The molecule has 0 radical (unpaired) electrons. The van der Waals surface area contributed by atoms with E-state index in [1.54, 1.807) is 30.3 Å². The summed E-state index contributed by atoms with van der Waals surface area (Å²) in [5.41, 5.74) is 1.72. The van der Waals surface area contributed by atoms with Gasteiger partial charge in [-0.1, -0.05) is 17.3 Å². The van der Waals surface area contributed by atoms with Gasteiger partial charge in [-0.05, 0) is 31.2 Å². The number of aromatic nitrogens is 3. The molecular weight excluding hydrogens is 282 g/mol. The number of benzene rings is 2. The molecule has 2 heterocycles. The number of aromatic hydroxyl groups is 1. The first kappa shape index (κ1) is 12.6. The summed E-state index contributed by atoms with van der Waals surface area (Å²) in [6.45, 7) is 1.81. The van der Waals surface area contributed by atoms with Crippen LogP contribution in [-0.2, 0) is 0 Å². The Morgan fingerprint density at radius 3 is 2.82 bits per heavy atom. The Labute approximate surface area is 124 Å². The zero-order chi connectivity index (χ0) is 15.3. The fourth-order valence-corrected chi connectivity index (χ4v) is 2.55. The van der Waals surface area contributed by atoms with Gasteiger partial charge in [0, 0.05) is 5.39 Å². The summed E-state index contributed by atoms with van der Waals surface area (Å²) in [6.07, 6.45) is 0. The highest BCUT2D eigenvalue weighted by Gasteiger charge is 2.18. The Balaban J connectivity index is 2.11. The van der Waals surface area contributed by atoms with Crippen LogP contribution in [0.25, 0.3) is 33.3 Å². The molecule has 0 fully saturated rings. The molecule has 0 saturated heterocycles. The summed E-state index contributed by atoms with van der Waals surface area (Å²) < 4.78 is 5.29. The first-order valence-corrected chi connectivity index (χ1v) is 6.72. The van der Waals surface area contributed by atoms with Crippen molar-refractivity contribution in [3.63, 3.8) is 0 Å². The predicted molar refractivity (Wildman–Crippen MR) is 81.8 cm³/mol. The molecule has 0 aliphatic rings. The van der Waals surface area contributed by atoms with Crippen LogP contribution in [0.4, 0.5) is 0 Å². The number of fused-ring (bicyclic) bond motifs is 2. The number of para-hydroxylation sites is 1. The Kier molecular flexibility index (Phi) is 2.53. The molecule has 2 N–H and O–H groups in total. The number of aromatic amines is 1. The monoisotopic (exact) mass is 293 g/mol. The van der Waals surface area contributed by atoms with Crippen LogP contribution < -0.4 is 5.56 Å². The molecule has 0 saturated carbocycles. The second-order valence-electron chi connectivity index (χ2n) is 5.04. The maximum absolute atomic E-state index is 12.2. The molecule has 0 spiro atoms. The molecule has 0 bridgehead atoms. The molecule has 0 aliphatic carbocycles. The number of H-pyrrole nitrogens is 1. The molecule has 2 aromatic carbocycles. The van der Waals surface area contributed by atoms with E-state index in [-0.39, 0.29) is 17.1 Å². The molecule has 4 aromatic rings. The quantitative estimate of drug-likeness (QED) is 0.563. The topological polar surface area (TPSA) is 92.0 Å². The number of aryl methyl sites for hydroxylation is 1. The van der Waals surface area contributed by atoms with Crippen LogP contribution in [0.1, 0.15) is 5.69 Å². The van der Waals surface area contributed by atoms with Crippen molar-refractivity contribution >= 4 is 21.9 Å². The normalized spacial score (nSPS) is 11.3. The van der Waals surface area contributed by atoms with Crippen LogP contribution in [0.5, 0.6) is 5.75 Å². The molecule has 6 heteroatoms. The Bertz CT molecular complexity index is 1080. The molecule has 0 aliphatic heterocycles.